The molecule has 0 fully saturated rings. The number of imidazole rings is 1. The van der Waals surface area contributed by atoms with Gasteiger partial charge in [-0.2, -0.15) is 0 Å². The molecule has 2 aromatic rings. The molecule has 1 unspecified atom stereocenters. The molecule has 1 aromatic carbocycles. The van der Waals surface area contributed by atoms with Crippen LogP contribution in [-0.4, -0.2) is 16.1 Å². The Morgan fingerprint density at radius 2 is 2.27 bits per heavy atom. The maximum absolute atomic E-state index is 4.09. The second-order valence-corrected chi connectivity index (χ2v) is 3.91. The summed E-state index contributed by atoms with van der Waals surface area (Å²) in [7, 11) is 0. The molecular formula is C12H13N3. The number of para-hydroxylation sites is 1. The van der Waals surface area contributed by atoms with Crippen molar-refractivity contribution in [1.29, 1.82) is 0 Å². The Labute approximate surface area is 88.8 Å². The van der Waals surface area contributed by atoms with Crippen LogP contribution in [-0.2, 0) is 6.42 Å². The molecule has 3 rings (SSSR count). The number of rotatable bonds is 1. The minimum absolute atomic E-state index is 0.488. The molecule has 3 heteroatoms. The quantitative estimate of drug-likeness (QED) is 0.762. The predicted octanol–water partition coefficient (Wildman–Crippen LogP) is 2.09. The highest BCUT2D eigenvalue weighted by atomic mass is 15.1. The van der Waals surface area contributed by atoms with Crippen LogP contribution in [0.15, 0.2) is 43.0 Å². The van der Waals surface area contributed by atoms with Crippen LogP contribution in [0.1, 0.15) is 11.6 Å². The summed E-state index contributed by atoms with van der Waals surface area (Å²) in [5.74, 6) is 0. The molecule has 0 saturated heterocycles. The molecule has 0 saturated carbocycles. The lowest BCUT2D eigenvalue weighted by Crippen LogP contribution is -2.25. The summed E-state index contributed by atoms with van der Waals surface area (Å²) < 4.78 is 2.17. The molecule has 1 atom stereocenters. The van der Waals surface area contributed by atoms with E-state index >= 15 is 0 Å². The molecule has 0 radical (unpaired) electrons. The first-order valence-electron chi connectivity index (χ1n) is 5.23. The van der Waals surface area contributed by atoms with Crippen LogP contribution >= 0.6 is 0 Å². The first-order chi connectivity index (χ1) is 7.43. The Balaban J connectivity index is 1.89. The van der Waals surface area contributed by atoms with Crippen LogP contribution in [0, 0.1) is 0 Å². The summed E-state index contributed by atoms with van der Waals surface area (Å²) >= 11 is 0. The summed E-state index contributed by atoms with van der Waals surface area (Å²) in [5, 5.41) is 3.45. The smallest absolute Gasteiger partial charge is 0.0949 e. The second kappa shape index (κ2) is 3.42. The van der Waals surface area contributed by atoms with Gasteiger partial charge in [0, 0.05) is 24.6 Å². The van der Waals surface area contributed by atoms with Gasteiger partial charge in [-0.3, -0.25) is 0 Å². The lowest BCUT2D eigenvalue weighted by atomic mass is 10.00. The van der Waals surface area contributed by atoms with Crippen molar-refractivity contribution in [1.82, 2.24) is 9.55 Å². The fraction of sp³-hybridized carbons (Fsp3) is 0.250. The van der Waals surface area contributed by atoms with E-state index in [2.05, 4.69) is 39.1 Å². The topological polar surface area (TPSA) is 29.9 Å². The maximum atomic E-state index is 4.09. The van der Waals surface area contributed by atoms with E-state index in [0.717, 1.165) is 13.0 Å². The van der Waals surface area contributed by atoms with Gasteiger partial charge in [-0.15, -0.1) is 0 Å². The summed E-state index contributed by atoms with van der Waals surface area (Å²) in [6.07, 6.45) is 6.83. The number of aromatic nitrogens is 2. The maximum Gasteiger partial charge on any atom is 0.0949 e. The van der Waals surface area contributed by atoms with Crippen LogP contribution in [0.4, 0.5) is 5.69 Å². The molecule has 2 heterocycles. The first-order valence-corrected chi connectivity index (χ1v) is 5.23. The lowest BCUT2D eigenvalue weighted by molar-refractivity contribution is 0.510. The molecule has 1 aliphatic rings. The van der Waals surface area contributed by atoms with Crippen molar-refractivity contribution in [3.8, 4) is 0 Å². The Morgan fingerprint density at radius 1 is 1.33 bits per heavy atom. The second-order valence-electron chi connectivity index (χ2n) is 3.91. The van der Waals surface area contributed by atoms with E-state index in [-0.39, 0.29) is 0 Å². The van der Waals surface area contributed by atoms with E-state index < -0.39 is 0 Å². The number of hydrogen-bond acceptors (Lipinski definition) is 2. The first kappa shape index (κ1) is 8.53. The molecule has 1 aromatic heterocycles. The van der Waals surface area contributed by atoms with Gasteiger partial charge in [-0.25, -0.2) is 4.98 Å². The Morgan fingerprint density at radius 3 is 3.13 bits per heavy atom. The fourth-order valence-electron chi connectivity index (χ4n) is 2.12. The van der Waals surface area contributed by atoms with Gasteiger partial charge in [0.25, 0.3) is 0 Å². The molecule has 0 amide bonds. The average Bonchev–Trinajstić information content (AvgIpc) is 2.82. The average molecular weight is 199 g/mol. The highest BCUT2D eigenvalue weighted by Crippen LogP contribution is 2.26. The van der Waals surface area contributed by atoms with Gasteiger partial charge in [0.2, 0.25) is 0 Å². The third-order valence-corrected chi connectivity index (χ3v) is 2.95. The number of nitrogens with zero attached hydrogens (tertiary/aromatic N) is 2. The summed E-state index contributed by atoms with van der Waals surface area (Å²) in [5.41, 5.74) is 2.66. The van der Waals surface area contributed by atoms with Crippen LogP contribution in [0.3, 0.4) is 0 Å². The highest BCUT2D eigenvalue weighted by Gasteiger charge is 2.18. The molecular weight excluding hydrogens is 186 g/mol. The summed E-state index contributed by atoms with van der Waals surface area (Å²) in [4.78, 5) is 4.09. The van der Waals surface area contributed by atoms with Crippen LogP contribution < -0.4 is 5.32 Å². The SMILES string of the molecule is c1ccc2c(c1)CC(n1ccnc1)CN2. The summed E-state index contributed by atoms with van der Waals surface area (Å²) in [6, 6.07) is 8.98. The predicted molar refractivity (Wildman–Crippen MR) is 59.9 cm³/mol. The third-order valence-electron chi connectivity index (χ3n) is 2.95. The van der Waals surface area contributed by atoms with Gasteiger partial charge in [0.05, 0.1) is 12.4 Å². The zero-order valence-electron chi connectivity index (χ0n) is 8.43. The minimum Gasteiger partial charge on any atom is -0.383 e. The molecule has 0 bridgehead atoms. The van der Waals surface area contributed by atoms with Crippen molar-refractivity contribution in [3.05, 3.63) is 48.5 Å². The van der Waals surface area contributed by atoms with E-state index in [1.165, 1.54) is 11.3 Å². The fourth-order valence-corrected chi connectivity index (χ4v) is 2.12. The van der Waals surface area contributed by atoms with Crippen molar-refractivity contribution >= 4 is 5.69 Å². The monoisotopic (exact) mass is 199 g/mol. The number of hydrogen-bond donors (Lipinski definition) is 1. The third kappa shape index (κ3) is 1.50. The number of benzene rings is 1. The molecule has 1 aliphatic heterocycles. The Kier molecular flexibility index (Phi) is 1.95. The number of fused-ring (bicyclic) bond motifs is 1. The largest absolute Gasteiger partial charge is 0.383 e. The molecule has 76 valence electrons. The van der Waals surface area contributed by atoms with Gasteiger partial charge in [0.15, 0.2) is 0 Å². The van der Waals surface area contributed by atoms with Crippen LogP contribution in [0.2, 0.25) is 0 Å². The van der Waals surface area contributed by atoms with Crippen molar-refractivity contribution < 1.29 is 0 Å². The normalized spacial score (nSPS) is 19.3. The van der Waals surface area contributed by atoms with E-state index in [1.54, 1.807) is 0 Å². The zero-order valence-corrected chi connectivity index (χ0v) is 8.43. The van der Waals surface area contributed by atoms with Gasteiger partial charge >= 0.3 is 0 Å². The molecule has 0 aliphatic carbocycles. The summed E-state index contributed by atoms with van der Waals surface area (Å²) in [6.45, 7) is 0.980. The van der Waals surface area contributed by atoms with Crippen molar-refractivity contribution in [2.45, 2.75) is 12.5 Å². The zero-order chi connectivity index (χ0) is 10.1. The van der Waals surface area contributed by atoms with Crippen LogP contribution in [0.5, 0.6) is 0 Å². The molecule has 1 N–H and O–H groups in total. The van der Waals surface area contributed by atoms with Gasteiger partial charge in [0.1, 0.15) is 0 Å². The van der Waals surface area contributed by atoms with Crippen LogP contribution in [0.25, 0.3) is 0 Å². The minimum atomic E-state index is 0.488. The molecule has 3 nitrogen and oxygen atoms in total. The van der Waals surface area contributed by atoms with Gasteiger partial charge < -0.3 is 9.88 Å². The van der Waals surface area contributed by atoms with E-state index in [9.17, 15) is 0 Å². The van der Waals surface area contributed by atoms with Crippen molar-refractivity contribution in [3.63, 3.8) is 0 Å². The van der Waals surface area contributed by atoms with Gasteiger partial charge in [-0.05, 0) is 18.1 Å². The van der Waals surface area contributed by atoms with Crippen molar-refractivity contribution in [2.24, 2.45) is 0 Å². The van der Waals surface area contributed by atoms with Crippen molar-refractivity contribution in [2.75, 3.05) is 11.9 Å². The molecule has 15 heavy (non-hydrogen) atoms. The number of nitrogens with one attached hydrogen (secondary N) is 1. The van der Waals surface area contributed by atoms with E-state index in [1.807, 2.05) is 18.7 Å². The van der Waals surface area contributed by atoms with E-state index in [0.29, 0.717) is 6.04 Å². The Bertz CT molecular complexity index is 448. The lowest BCUT2D eigenvalue weighted by Gasteiger charge is -2.26. The molecule has 0 spiro atoms. The highest BCUT2D eigenvalue weighted by molar-refractivity contribution is 5.53. The standard InChI is InChI=1S/C12H13N3/c1-2-4-12-10(3-1)7-11(8-14-12)15-6-5-13-9-15/h1-6,9,11,14H,7-8H2. The number of anilines is 1. The van der Waals surface area contributed by atoms with Gasteiger partial charge in [-0.1, -0.05) is 18.2 Å². The Hall–Kier alpha value is -1.77. The van der Waals surface area contributed by atoms with E-state index in [4.69, 9.17) is 0 Å².